The number of ether oxygens (including phenoxy) is 1. The smallest absolute Gasteiger partial charge is 0.245 e. The molecule has 2 rings (SSSR count). The first kappa shape index (κ1) is 13.7. The fraction of sp³-hybridized carbons (Fsp3) is 0.364. The molecule has 19 heavy (non-hydrogen) atoms. The molecule has 0 radical (unpaired) electrons. The van der Waals surface area contributed by atoms with Crippen LogP contribution < -0.4 is 5.73 Å². The van der Waals surface area contributed by atoms with E-state index in [0.717, 1.165) is 22.5 Å². The lowest BCUT2D eigenvalue weighted by Crippen LogP contribution is -2.45. The quantitative estimate of drug-likeness (QED) is 0.789. The van der Waals surface area contributed by atoms with Gasteiger partial charge in [0.25, 0.3) is 0 Å². The van der Waals surface area contributed by atoms with Crippen molar-refractivity contribution in [1.29, 1.82) is 5.26 Å². The van der Waals surface area contributed by atoms with Gasteiger partial charge in [-0.25, -0.2) is 12.8 Å². The van der Waals surface area contributed by atoms with E-state index >= 15 is 0 Å². The van der Waals surface area contributed by atoms with Crippen molar-refractivity contribution in [2.24, 2.45) is 0 Å². The lowest BCUT2D eigenvalue weighted by atomic mass is 10.3. The van der Waals surface area contributed by atoms with E-state index in [1.807, 2.05) is 6.07 Å². The van der Waals surface area contributed by atoms with E-state index in [1.165, 1.54) is 0 Å². The molecule has 1 aliphatic heterocycles. The number of nitrogen functional groups attached to an aromatic ring is 1. The highest BCUT2D eigenvalue weighted by Gasteiger charge is 2.32. The standard InChI is InChI=1S/C11H12FN3O3S/c12-8-1-2-11(10(14)5-8)19(16,17)15-3-4-18-9(6-13)7-15/h1-2,5,9H,3-4,7,14H2. The number of nitrogens with zero attached hydrogens (tertiary/aromatic N) is 2. The Bertz CT molecular complexity index is 627. The third-order valence-electron chi connectivity index (χ3n) is 2.76. The topological polar surface area (TPSA) is 96.4 Å². The Balaban J connectivity index is 2.34. The normalized spacial score (nSPS) is 20.9. The maximum Gasteiger partial charge on any atom is 0.245 e. The molecule has 102 valence electrons. The summed E-state index contributed by atoms with van der Waals surface area (Å²) >= 11 is 0. The average Bonchev–Trinajstić information content (AvgIpc) is 2.38. The van der Waals surface area contributed by atoms with Gasteiger partial charge in [0.05, 0.1) is 24.9 Å². The van der Waals surface area contributed by atoms with Crippen LogP contribution in [-0.4, -0.2) is 38.5 Å². The predicted molar refractivity (Wildman–Crippen MR) is 64.9 cm³/mol. The molecule has 0 spiro atoms. The van der Waals surface area contributed by atoms with Gasteiger partial charge in [-0.15, -0.1) is 0 Å². The molecule has 0 amide bonds. The van der Waals surface area contributed by atoms with Crippen molar-refractivity contribution < 1.29 is 17.5 Å². The van der Waals surface area contributed by atoms with E-state index in [2.05, 4.69) is 0 Å². The maximum absolute atomic E-state index is 12.9. The minimum atomic E-state index is -3.84. The van der Waals surface area contributed by atoms with Gasteiger partial charge in [0.1, 0.15) is 10.7 Å². The first-order valence-corrected chi connectivity index (χ1v) is 6.95. The van der Waals surface area contributed by atoms with Gasteiger partial charge >= 0.3 is 0 Å². The van der Waals surface area contributed by atoms with Crippen molar-refractivity contribution in [1.82, 2.24) is 4.31 Å². The van der Waals surface area contributed by atoms with E-state index < -0.39 is 21.9 Å². The van der Waals surface area contributed by atoms with Gasteiger partial charge in [0, 0.05) is 6.54 Å². The number of morpholine rings is 1. The third kappa shape index (κ3) is 2.68. The van der Waals surface area contributed by atoms with Crippen LogP contribution in [0.3, 0.4) is 0 Å². The van der Waals surface area contributed by atoms with Gasteiger partial charge in [-0.05, 0) is 18.2 Å². The Morgan fingerprint density at radius 3 is 2.89 bits per heavy atom. The molecule has 1 aromatic rings. The van der Waals surface area contributed by atoms with Gasteiger partial charge in [-0.1, -0.05) is 0 Å². The number of nitrogens with two attached hydrogens (primary N) is 1. The van der Waals surface area contributed by atoms with Crippen molar-refractivity contribution in [3.63, 3.8) is 0 Å². The molecular weight excluding hydrogens is 273 g/mol. The number of hydrogen-bond acceptors (Lipinski definition) is 5. The van der Waals surface area contributed by atoms with Crippen LogP contribution in [0.4, 0.5) is 10.1 Å². The number of sulfonamides is 1. The molecular formula is C11H12FN3O3S. The number of anilines is 1. The monoisotopic (exact) mass is 285 g/mol. The SMILES string of the molecule is N#CC1CN(S(=O)(=O)c2ccc(F)cc2N)CCO1. The first-order valence-electron chi connectivity index (χ1n) is 5.51. The molecule has 1 fully saturated rings. The van der Waals surface area contributed by atoms with Crippen LogP contribution in [0.1, 0.15) is 0 Å². The minimum Gasteiger partial charge on any atom is -0.398 e. The predicted octanol–water partition coefficient (Wildman–Crippen LogP) is 0.321. The Hall–Kier alpha value is -1.69. The molecule has 0 aliphatic carbocycles. The molecule has 0 aromatic heterocycles. The molecule has 8 heteroatoms. The van der Waals surface area contributed by atoms with E-state index in [0.29, 0.717) is 0 Å². The van der Waals surface area contributed by atoms with E-state index in [1.54, 1.807) is 0 Å². The molecule has 1 unspecified atom stereocenters. The van der Waals surface area contributed by atoms with Crippen LogP contribution in [0, 0.1) is 17.1 Å². The van der Waals surface area contributed by atoms with E-state index in [4.69, 9.17) is 15.7 Å². The van der Waals surface area contributed by atoms with Crippen LogP contribution in [0.5, 0.6) is 0 Å². The van der Waals surface area contributed by atoms with Crippen molar-refractivity contribution in [3.8, 4) is 6.07 Å². The summed E-state index contributed by atoms with van der Waals surface area (Å²) in [5, 5.41) is 8.77. The Morgan fingerprint density at radius 1 is 1.53 bits per heavy atom. The second-order valence-electron chi connectivity index (χ2n) is 4.03. The number of rotatable bonds is 2. The van der Waals surface area contributed by atoms with Crippen molar-refractivity contribution >= 4 is 15.7 Å². The summed E-state index contributed by atoms with van der Waals surface area (Å²) in [6.45, 7) is 0.214. The summed E-state index contributed by atoms with van der Waals surface area (Å²) in [6.07, 6.45) is -0.801. The number of benzene rings is 1. The van der Waals surface area contributed by atoms with Crippen LogP contribution in [0.25, 0.3) is 0 Å². The summed E-state index contributed by atoms with van der Waals surface area (Å²) in [4.78, 5) is -0.160. The fourth-order valence-electron chi connectivity index (χ4n) is 1.82. The summed E-state index contributed by atoms with van der Waals surface area (Å²) < 4.78 is 43.8. The zero-order valence-corrected chi connectivity index (χ0v) is 10.7. The van der Waals surface area contributed by atoms with Gasteiger partial charge in [0.2, 0.25) is 10.0 Å². The molecule has 6 nitrogen and oxygen atoms in total. The van der Waals surface area contributed by atoms with Crippen LogP contribution in [0.2, 0.25) is 0 Å². The van der Waals surface area contributed by atoms with E-state index in [9.17, 15) is 12.8 Å². The maximum atomic E-state index is 12.9. The number of halogens is 1. The molecule has 0 saturated carbocycles. The van der Waals surface area contributed by atoms with Crippen molar-refractivity contribution in [2.45, 2.75) is 11.0 Å². The van der Waals surface area contributed by atoms with Crippen molar-refractivity contribution in [3.05, 3.63) is 24.0 Å². The summed E-state index contributed by atoms with van der Waals surface area (Å²) in [5.74, 6) is -0.603. The van der Waals surface area contributed by atoms with Gasteiger partial charge in [-0.3, -0.25) is 0 Å². The minimum absolute atomic E-state index is 0.0599. The molecule has 1 saturated heterocycles. The second-order valence-corrected chi connectivity index (χ2v) is 5.94. The molecule has 0 bridgehead atoms. The average molecular weight is 285 g/mol. The first-order chi connectivity index (χ1) is 8.95. The fourth-order valence-corrected chi connectivity index (χ4v) is 3.34. The summed E-state index contributed by atoms with van der Waals surface area (Å²) in [6, 6.07) is 4.97. The highest BCUT2D eigenvalue weighted by Crippen LogP contribution is 2.24. The summed E-state index contributed by atoms with van der Waals surface area (Å²) in [5.41, 5.74) is 5.39. The Kier molecular flexibility index (Phi) is 3.71. The molecule has 1 heterocycles. The van der Waals surface area contributed by atoms with Crippen molar-refractivity contribution in [2.75, 3.05) is 25.4 Å². The van der Waals surface area contributed by atoms with E-state index in [-0.39, 0.29) is 30.3 Å². The lowest BCUT2D eigenvalue weighted by Gasteiger charge is -2.29. The highest BCUT2D eigenvalue weighted by atomic mass is 32.2. The Labute approximate surface area is 110 Å². The number of hydrogen-bond donors (Lipinski definition) is 1. The summed E-state index contributed by atoms with van der Waals surface area (Å²) in [7, 11) is -3.84. The molecule has 1 aliphatic rings. The highest BCUT2D eigenvalue weighted by molar-refractivity contribution is 7.89. The van der Waals surface area contributed by atoms with Crippen LogP contribution in [0.15, 0.2) is 23.1 Å². The molecule has 1 atom stereocenters. The van der Waals surface area contributed by atoms with Crippen LogP contribution >= 0.6 is 0 Å². The van der Waals surface area contributed by atoms with Gasteiger partial charge in [-0.2, -0.15) is 9.57 Å². The van der Waals surface area contributed by atoms with Gasteiger partial charge < -0.3 is 10.5 Å². The molecule has 1 aromatic carbocycles. The largest absolute Gasteiger partial charge is 0.398 e. The Morgan fingerprint density at radius 2 is 2.26 bits per heavy atom. The molecule has 2 N–H and O–H groups in total. The zero-order chi connectivity index (χ0) is 14.0. The van der Waals surface area contributed by atoms with Gasteiger partial charge in [0.15, 0.2) is 6.10 Å². The second kappa shape index (κ2) is 5.13. The number of nitriles is 1. The lowest BCUT2D eigenvalue weighted by molar-refractivity contribution is 0.0311. The third-order valence-corrected chi connectivity index (χ3v) is 4.70. The van der Waals surface area contributed by atoms with Crippen LogP contribution in [-0.2, 0) is 14.8 Å². The zero-order valence-electron chi connectivity index (χ0n) is 9.91.